The molecule has 0 atom stereocenters. The fraction of sp³-hybridized carbons (Fsp3) is 0.333. The molecule has 8 heteroatoms. The van der Waals surface area contributed by atoms with Gasteiger partial charge in [-0.15, -0.1) is 0 Å². The molecule has 2 heterocycles. The third-order valence-electron chi connectivity index (χ3n) is 3.88. The maximum Gasteiger partial charge on any atom is 0.271 e. The van der Waals surface area contributed by atoms with Crippen LogP contribution < -0.4 is 10.2 Å². The fourth-order valence-electron chi connectivity index (χ4n) is 2.79. The minimum absolute atomic E-state index is 0.0401. The first-order valence-corrected chi connectivity index (χ1v) is 7.27. The van der Waals surface area contributed by atoms with Gasteiger partial charge in [-0.25, -0.2) is 0 Å². The van der Waals surface area contributed by atoms with Gasteiger partial charge in [0.05, 0.1) is 17.2 Å². The zero-order chi connectivity index (χ0) is 16.6. The van der Waals surface area contributed by atoms with E-state index >= 15 is 0 Å². The third-order valence-corrected chi connectivity index (χ3v) is 3.88. The number of anilines is 2. The van der Waals surface area contributed by atoms with Crippen LogP contribution in [0, 0.1) is 17.0 Å². The fourth-order valence-corrected chi connectivity index (χ4v) is 2.79. The molecule has 1 N–H and O–H groups in total. The summed E-state index contributed by atoms with van der Waals surface area (Å²) in [6.45, 7) is 2.68. The number of aryl methyl sites for hydroxylation is 2. The Morgan fingerprint density at radius 3 is 2.87 bits per heavy atom. The van der Waals surface area contributed by atoms with Crippen LogP contribution in [-0.4, -0.2) is 33.7 Å². The Bertz CT molecular complexity index is 783. The highest BCUT2D eigenvalue weighted by atomic mass is 16.6. The first-order valence-electron chi connectivity index (χ1n) is 7.27. The standard InChI is InChI=1S/C15H17N5O3/c1-10-7-14(18(2)17-10)16-15(21)9-19-6-5-11-3-4-12(20(22)23)8-13(11)19/h3-4,7-8H,5-6,9H2,1-2H3,(H,16,21). The van der Waals surface area contributed by atoms with Crippen molar-refractivity contribution in [2.45, 2.75) is 13.3 Å². The number of rotatable bonds is 4. The summed E-state index contributed by atoms with van der Waals surface area (Å²) in [5, 5.41) is 17.9. The van der Waals surface area contributed by atoms with Gasteiger partial charge in [-0.3, -0.25) is 19.6 Å². The molecule has 0 unspecified atom stereocenters. The summed E-state index contributed by atoms with van der Waals surface area (Å²) in [6, 6.07) is 6.58. The Labute approximate surface area is 132 Å². The Kier molecular flexibility index (Phi) is 3.73. The van der Waals surface area contributed by atoms with Gasteiger partial charge in [-0.2, -0.15) is 5.10 Å². The molecule has 1 aromatic heterocycles. The van der Waals surface area contributed by atoms with Gasteiger partial charge in [0.15, 0.2) is 0 Å². The number of nitro groups is 1. The summed E-state index contributed by atoms with van der Waals surface area (Å²) in [5.41, 5.74) is 2.65. The smallest absolute Gasteiger partial charge is 0.271 e. The SMILES string of the molecule is Cc1cc(NC(=O)CN2CCc3ccc([N+](=O)[O-])cc32)n(C)n1. The van der Waals surface area contributed by atoms with Crippen molar-refractivity contribution in [2.24, 2.45) is 7.05 Å². The molecule has 3 rings (SSSR count). The average molecular weight is 315 g/mol. The number of amides is 1. The molecule has 23 heavy (non-hydrogen) atoms. The predicted molar refractivity (Wildman–Crippen MR) is 85.6 cm³/mol. The monoisotopic (exact) mass is 315 g/mol. The Morgan fingerprint density at radius 2 is 2.22 bits per heavy atom. The van der Waals surface area contributed by atoms with Crippen LogP contribution >= 0.6 is 0 Å². The van der Waals surface area contributed by atoms with E-state index in [1.54, 1.807) is 23.9 Å². The Hall–Kier alpha value is -2.90. The summed E-state index contributed by atoms with van der Waals surface area (Å²) < 4.78 is 1.61. The number of carbonyl (C=O) groups is 1. The largest absolute Gasteiger partial charge is 0.361 e. The molecule has 120 valence electrons. The second-order valence-corrected chi connectivity index (χ2v) is 5.58. The van der Waals surface area contributed by atoms with Crippen molar-refractivity contribution >= 4 is 23.1 Å². The quantitative estimate of drug-likeness (QED) is 0.684. The number of nitrogens with zero attached hydrogens (tertiary/aromatic N) is 4. The molecule has 0 fully saturated rings. The molecule has 8 nitrogen and oxygen atoms in total. The zero-order valence-electron chi connectivity index (χ0n) is 12.9. The molecule has 1 aliphatic heterocycles. The molecule has 0 bridgehead atoms. The molecule has 0 spiro atoms. The molecule has 0 saturated heterocycles. The van der Waals surface area contributed by atoms with Gasteiger partial charge in [0.25, 0.3) is 5.69 Å². The lowest BCUT2D eigenvalue weighted by atomic mass is 10.1. The van der Waals surface area contributed by atoms with Gasteiger partial charge in [0.1, 0.15) is 5.82 Å². The minimum Gasteiger partial charge on any atom is -0.361 e. The van der Waals surface area contributed by atoms with E-state index in [9.17, 15) is 14.9 Å². The van der Waals surface area contributed by atoms with Crippen LogP contribution in [0.3, 0.4) is 0 Å². The van der Waals surface area contributed by atoms with Crippen LogP contribution in [0.1, 0.15) is 11.3 Å². The predicted octanol–water partition coefficient (Wildman–Crippen LogP) is 1.64. The number of hydrogen-bond acceptors (Lipinski definition) is 5. The summed E-state index contributed by atoms with van der Waals surface area (Å²) in [5.74, 6) is 0.457. The number of non-ortho nitro benzene ring substituents is 1. The van der Waals surface area contributed by atoms with E-state index < -0.39 is 4.92 Å². The second-order valence-electron chi connectivity index (χ2n) is 5.58. The maximum absolute atomic E-state index is 12.2. The van der Waals surface area contributed by atoms with E-state index in [-0.39, 0.29) is 18.1 Å². The molecule has 0 aliphatic carbocycles. The van der Waals surface area contributed by atoms with Gasteiger partial charge < -0.3 is 10.2 Å². The highest BCUT2D eigenvalue weighted by molar-refractivity contribution is 5.93. The first kappa shape index (κ1) is 15.0. The van der Waals surface area contributed by atoms with Crippen LogP contribution in [0.5, 0.6) is 0 Å². The van der Waals surface area contributed by atoms with Crippen molar-refractivity contribution in [1.82, 2.24) is 9.78 Å². The molecule has 0 saturated carbocycles. The Balaban J connectivity index is 1.73. The Morgan fingerprint density at radius 1 is 1.43 bits per heavy atom. The molecular weight excluding hydrogens is 298 g/mol. The lowest BCUT2D eigenvalue weighted by molar-refractivity contribution is -0.384. The van der Waals surface area contributed by atoms with Crippen molar-refractivity contribution in [3.05, 3.63) is 45.6 Å². The van der Waals surface area contributed by atoms with Crippen molar-refractivity contribution in [3.63, 3.8) is 0 Å². The van der Waals surface area contributed by atoms with E-state index in [2.05, 4.69) is 10.4 Å². The summed E-state index contributed by atoms with van der Waals surface area (Å²) in [7, 11) is 1.76. The molecule has 2 aromatic rings. The highest BCUT2D eigenvalue weighted by Crippen LogP contribution is 2.31. The second kappa shape index (κ2) is 5.71. The van der Waals surface area contributed by atoms with Crippen LogP contribution in [0.15, 0.2) is 24.3 Å². The number of hydrogen-bond donors (Lipinski definition) is 1. The number of aromatic nitrogens is 2. The lowest BCUT2D eigenvalue weighted by Gasteiger charge is -2.18. The molecular formula is C15H17N5O3. The molecule has 1 amide bonds. The van der Waals surface area contributed by atoms with E-state index in [0.717, 1.165) is 23.4 Å². The van der Waals surface area contributed by atoms with Crippen LogP contribution in [-0.2, 0) is 18.3 Å². The number of benzene rings is 1. The van der Waals surface area contributed by atoms with Gasteiger partial charge >= 0.3 is 0 Å². The average Bonchev–Trinajstić information content (AvgIpc) is 3.02. The van der Waals surface area contributed by atoms with Gasteiger partial charge in [0, 0.05) is 37.5 Å². The van der Waals surface area contributed by atoms with Gasteiger partial charge in [-0.1, -0.05) is 6.07 Å². The van der Waals surface area contributed by atoms with E-state index in [1.165, 1.54) is 12.1 Å². The molecule has 1 aromatic carbocycles. The lowest BCUT2D eigenvalue weighted by Crippen LogP contribution is -2.32. The van der Waals surface area contributed by atoms with Gasteiger partial charge in [-0.05, 0) is 18.9 Å². The number of nitro benzene ring substituents is 1. The van der Waals surface area contributed by atoms with E-state index in [1.807, 2.05) is 11.8 Å². The van der Waals surface area contributed by atoms with E-state index in [0.29, 0.717) is 12.4 Å². The van der Waals surface area contributed by atoms with E-state index in [4.69, 9.17) is 0 Å². The van der Waals surface area contributed by atoms with Crippen molar-refractivity contribution in [3.8, 4) is 0 Å². The van der Waals surface area contributed by atoms with Crippen LogP contribution in [0.4, 0.5) is 17.2 Å². The summed E-state index contributed by atoms with van der Waals surface area (Å²) in [6.07, 6.45) is 0.783. The number of fused-ring (bicyclic) bond motifs is 1. The molecule has 1 aliphatic rings. The highest BCUT2D eigenvalue weighted by Gasteiger charge is 2.24. The summed E-state index contributed by atoms with van der Waals surface area (Å²) in [4.78, 5) is 24.6. The first-order chi connectivity index (χ1) is 10.9. The number of nitrogens with one attached hydrogen (secondary N) is 1. The molecule has 0 radical (unpaired) electrons. The van der Waals surface area contributed by atoms with Crippen molar-refractivity contribution < 1.29 is 9.72 Å². The van der Waals surface area contributed by atoms with Crippen molar-refractivity contribution in [1.29, 1.82) is 0 Å². The maximum atomic E-state index is 12.2. The third kappa shape index (κ3) is 3.01. The van der Waals surface area contributed by atoms with Crippen molar-refractivity contribution in [2.75, 3.05) is 23.3 Å². The van der Waals surface area contributed by atoms with Gasteiger partial charge in [0.2, 0.25) is 5.91 Å². The minimum atomic E-state index is -0.421. The number of carbonyl (C=O) groups excluding carboxylic acids is 1. The zero-order valence-corrected chi connectivity index (χ0v) is 12.9. The topological polar surface area (TPSA) is 93.3 Å². The van der Waals surface area contributed by atoms with Crippen LogP contribution in [0.2, 0.25) is 0 Å². The van der Waals surface area contributed by atoms with Crippen LogP contribution in [0.25, 0.3) is 0 Å². The normalized spacial score (nSPS) is 13.0. The summed E-state index contributed by atoms with van der Waals surface area (Å²) >= 11 is 0.